The van der Waals surface area contributed by atoms with E-state index in [-0.39, 0.29) is 6.04 Å². The van der Waals surface area contributed by atoms with Gasteiger partial charge in [0.2, 0.25) is 0 Å². The Bertz CT molecular complexity index is 1080. The van der Waals surface area contributed by atoms with Gasteiger partial charge in [-0.05, 0) is 54.4 Å². The van der Waals surface area contributed by atoms with Gasteiger partial charge in [0.05, 0.1) is 17.7 Å². The molecule has 6 nitrogen and oxygen atoms in total. The van der Waals surface area contributed by atoms with Gasteiger partial charge < -0.3 is 14.8 Å². The minimum Gasteiger partial charge on any atom is -0.479 e. The van der Waals surface area contributed by atoms with E-state index in [9.17, 15) is 9.59 Å². The van der Waals surface area contributed by atoms with Crippen molar-refractivity contribution in [1.82, 2.24) is 5.32 Å². The lowest BCUT2D eigenvalue weighted by atomic mass is 10.00. The zero-order valence-corrected chi connectivity index (χ0v) is 16.8. The molecule has 3 rings (SSSR count). The maximum Gasteiger partial charge on any atom is 0.347 e. The van der Waals surface area contributed by atoms with Gasteiger partial charge in [0.25, 0.3) is 5.91 Å². The summed E-state index contributed by atoms with van der Waals surface area (Å²) < 4.78 is 10.6. The number of nitriles is 1. The molecule has 0 aliphatic rings. The van der Waals surface area contributed by atoms with Crippen LogP contribution in [0.2, 0.25) is 0 Å². The van der Waals surface area contributed by atoms with E-state index in [0.717, 1.165) is 16.3 Å². The van der Waals surface area contributed by atoms with Crippen LogP contribution in [0.4, 0.5) is 0 Å². The van der Waals surface area contributed by atoms with Gasteiger partial charge in [-0.15, -0.1) is 0 Å². The molecule has 0 bridgehead atoms. The number of rotatable bonds is 7. The number of carbonyl (C=O) groups excluding carboxylic acids is 2. The van der Waals surface area contributed by atoms with Crippen molar-refractivity contribution in [2.45, 2.75) is 26.0 Å². The van der Waals surface area contributed by atoms with Gasteiger partial charge in [-0.25, -0.2) is 4.79 Å². The van der Waals surface area contributed by atoms with Crippen LogP contribution in [0.25, 0.3) is 10.8 Å². The quantitative estimate of drug-likeness (QED) is 0.606. The number of hydrogen-bond acceptors (Lipinski definition) is 5. The molecule has 3 aromatic rings. The molecule has 0 aliphatic heterocycles. The van der Waals surface area contributed by atoms with Gasteiger partial charge in [-0.1, -0.05) is 42.5 Å². The van der Waals surface area contributed by atoms with Crippen molar-refractivity contribution in [1.29, 1.82) is 5.26 Å². The molecule has 30 heavy (non-hydrogen) atoms. The second-order valence-electron chi connectivity index (χ2n) is 6.86. The molecule has 0 saturated heterocycles. The van der Waals surface area contributed by atoms with Crippen LogP contribution in [0.1, 0.15) is 31.0 Å². The average molecular weight is 402 g/mol. The summed E-state index contributed by atoms with van der Waals surface area (Å²) in [4.78, 5) is 24.4. The molecule has 1 N–H and O–H groups in total. The van der Waals surface area contributed by atoms with Gasteiger partial charge in [0.1, 0.15) is 5.75 Å². The van der Waals surface area contributed by atoms with E-state index in [4.69, 9.17) is 14.7 Å². The van der Waals surface area contributed by atoms with Gasteiger partial charge in [0.15, 0.2) is 12.7 Å². The summed E-state index contributed by atoms with van der Waals surface area (Å²) >= 11 is 0. The lowest BCUT2D eigenvalue weighted by Crippen LogP contribution is -2.34. The Labute approximate surface area is 175 Å². The Morgan fingerprint density at radius 3 is 2.43 bits per heavy atom. The molecule has 3 aromatic carbocycles. The maximum atomic E-state index is 12.3. The summed E-state index contributed by atoms with van der Waals surface area (Å²) in [7, 11) is 0. The Hall–Kier alpha value is -3.85. The number of benzene rings is 3. The van der Waals surface area contributed by atoms with Gasteiger partial charge in [-0.3, -0.25) is 4.79 Å². The topological polar surface area (TPSA) is 88.4 Å². The summed E-state index contributed by atoms with van der Waals surface area (Å²) in [6.07, 6.45) is -0.888. The predicted octanol–water partition coefficient (Wildman–Crippen LogP) is 3.90. The molecule has 0 aliphatic carbocycles. The fourth-order valence-corrected chi connectivity index (χ4v) is 3.10. The standard InChI is InChI=1S/C24H22N2O4/c1-16(21-9-5-7-19-6-3-4-8-22(19)21)26-23(27)15-29-24(28)17(2)30-20-12-10-18(14-25)11-13-20/h3-13,16-17H,15H2,1-2H3,(H,26,27). The Morgan fingerprint density at radius 1 is 1.00 bits per heavy atom. The van der Waals surface area contributed by atoms with Crippen molar-refractivity contribution in [2.24, 2.45) is 0 Å². The van der Waals surface area contributed by atoms with Crippen molar-refractivity contribution in [3.63, 3.8) is 0 Å². The third kappa shape index (κ3) is 5.15. The highest BCUT2D eigenvalue weighted by molar-refractivity contribution is 5.87. The summed E-state index contributed by atoms with van der Waals surface area (Å²) in [5.41, 5.74) is 1.49. The predicted molar refractivity (Wildman–Crippen MR) is 113 cm³/mol. The molecule has 0 fully saturated rings. The molecule has 0 saturated carbocycles. The molecule has 0 spiro atoms. The van der Waals surface area contributed by atoms with E-state index in [1.165, 1.54) is 6.92 Å². The lowest BCUT2D eigenvalue weighted by molar-refractivity contribution is -0.154. The normalized spacial score (nSPS) is 12.4. The number of hydrogen-bond donors (Lipinski definition) is 1. The van der Waals surface area contributed by atoms with Gasteiger partial charge in [0, 0.05) is 0 Å². The molecule has 0 aromatic heterocycles. The van der Waals surface area contributed by atoms with Crippen LogP contribution < -0.4 is 10.1 Å². The minimum absolute atomic E-state index is 0.241. The molecule has 2 unspecified atom stereocenters. The summed E-state index contributed by atoms with van der Waals surface area (Å²) in [5.74, 6) is -0.603. The lowest BCUT2D eigenvalue weighted by Gasteiger charge is -2.17. The van der Waals surface area contributed by atoms with Crippen molar-refractivity contribution in [3.05, 3.63) is 77.9 Å². The highest BCUT2D eigenvalue weighted by Gasteiger charge is 2.19. The first kappa shape index (κ1) is 20.9. The maximum absolute atomic E-state index is 12.3. The number of ether oxygens (including phenoxy) is 2. The molecular weight excluding hydrogens is 380 g/mol. The van der Waals surface area contributed by atoms with Gasteiger partial charge in [-0.2, -0.15) is 5.26 Å². The zero-order chi connectivity index (χ0) is 21.5. The third-order valence-corrected chi connectivity index (χ3v) is 4.64. The Balaban J connectivity index is 1.51. The van der Waals surface area contributed by atoms with E-state index >= 15 is 0 Å². The van der Waals surface area contributed by atoms with E-state index in [0.29, 0.717) is 11.3 Å². The van der Waals surface area contributed by atoms with E-state index in [2.05, 4.69) is 5.32 Å². The first-order valence-corrected chi connectivity index (χ1v) is 9.58. The molecule has 152 valence electrons. The molecular formula is C24H22N2O4. The summed E-state index contributed by atoms with van der Waals surface area (Å²) in [5, 5.41) is 13.8. The highest BCUT2D eigenvalue weighted by Crippen LogP contribution is 2.24. The molecule has 6 heteroatoms. The summed E-state index contributed by atoms with van der Waals surface area (Å²) in [6.45, 7) is 3.03. The Kier molecular flexibility index (Phi) is 6.66. The van der Waals surface area contributed by atoms with Crippen molar-refractivity contribution in [2.75, 3.05) is 6.61 Å². The number of carbonyl (C=O) groups is 2. The van der Waals surface area contributed by atoms with Crippen LogP contribution in [0.15, 0.2) is 66.7 Å². The second-order valence-corrected chi connectivity index (χ2v) is 6.86. The van der Waals surface area contributed by atoms with Crippen LogP contribution in [0.5, 0.6) is 5.75 Å². The van der Waals surface area contributed by atoms with Crippen LogP contribution in [-0.2, 0) is 14.3 Å². The van der Waals surface area contributed by atoms with E-state index in [1.807, 2.05) is 55.5 Å². The smallest absolute Gasteiger partial charge is 0.347 e. The molecule has 0 heterocycles. The average Bonchev–Trinajstić information content (AvgIpc) is 2.77. The van der Waals surface area contributed by atoms with Crippen LogP contribution >= 0.6 is 0 Å². The minimum atomic E-state index is -0.888. The van der Waals surface area contributed by atoms with Crippen LogP contribution in [0, 0.1) is 11.3 Å². The fourth-order valence-electron chi connectivity index (χ4n) is 3.10. The third-order valence-electron chi connectivity index (χ3n) is 4.64. The number of amides is 1. The zero-order valence-electron chi connectivity index (χ0n) is 16.8. The summed E-state index contributed by atoms with van der Waals surface area (Å²) in [6, 6.07) is 22.0. The van der Waals surface area contributed by atoms with Crippen molar-refractivity contribution < 1.29 is 19.1 Å². The number of esters is 1. The van der Waals surface area contributed by atoms with Crippen molar-refractivity contribution in [3.8, 4) is 11.8 Å². The Morgan fingerprint density at radius 2 is 1.70 bits per heavy atom. The van der Waals surface area contributed by atoms with Gasteiger partial charge >= 0.3 is 5.97 Å². The molecule has 2 atom stereocenters. The van der Waals surface area contributed by atoms with Crippen molar-refractivity contribution >= 4 is 22.6 Å². The fraction of sp³-hybridized carbons (Fsp3) is 0.208. The molecule has 0 radical (unpaired) electrons. The highest BCUT2D eigenvalue weighted by atomic mass is 16.6. The first-order chi connectivity index (χ1) is 14.5. The van der Waals surface area contributed by atoms with Crippen LogP contribution in [-0.4, -0.2) is 24.6 Å². The number of fused-ring (bicyclic) bond motifs is 1. The van der Waals surface area contributed by atoms with E-state index in [1.54, 1.807) is 24.3 Å². The second kappa shape index (κ2) is 9.57. The number of nitrogens with one attached hydrogen (secondary N) is 1. The number of nitrogens with zero attached hydrogens (tertiary/aromatic N) is 1. The molecule has 1 amide bonds. The SMILES string of the molecule is CC(Oc1ccc(C#N)cc1)C(=O)OCC(=O)NC(C)c1cccc2ccccc12. The van der Waals surface area contributed by atoms with E-state index < -0.39 is 24.6 Å². The monoisotopic (exact) mass is 402 g/mol. The van der Waals surface area contributed by atoms with Crippen LogP contribution in [0.3, 0.4) is 0 Å². The largest absolute Gasteiger partial charge is 0.479 e. The first-order valence-electron chi connectivity index (χ1n) is 9.58.